The molecule has 4 aliphatic rings. The number of aromatic amines is 1. The molecule has 3 aliphatic carbocycles. The number of allylic oxidation sites excluding steroid dienone is 5. The van der Waals surface area contributed by atoms with E-state index in [2.05, 4.69) is 10.3 Å². The second kappa shape index (κ2) is 7.38. The van der Waals surface area contributed by atoms with Gasteiger partial charge < -0.3 is 10.3 Å². The van der Waals surface area contributed by atoms with Gasteiger partial charge in [-0.15, -0.1) is 0 Å². The van der Waals surface area contributed by atoms with Gasteiger partial charge in [0.05, 0.1) is 5.25 Å². The molecule has 158 valence electrons. The number of nitrogens with one attached hydrogen (secondary N) is 2. The lowest BCUT2D eigenvalue weighted by atomic mass is 9.92. The third-order valence-corrected chi connectivity index (χ3v) is 8.85. The normalized spacial score (nSPS) is 25.0. The molecule has 0 unspecified atom stereocenters. The zero-order valence-corrected chi connectivity index (χ0v) is 17.6. The van der Waals surface area contributed by atoms with Gasteiger partial charge in [0.15, 0.2) is 9.84 Å². The van der Waals surface area contributed by atoms with Crippen LogP contribution in [-0.2, 0) is 14.6 Å². The van der Waals surface area contributed by atoms with Crippen LogP contribution in [-0.4, -0.2) is 30.6 Å². The van der Waals surface area contributed by atoms with Crippen LogP contribution in [0.15, 0.2) is 45.6 Å². The minimum absolute atomic E-state index is 0.0310. The van der Waals surface area contributed by atoms with Crippen LogP contribution in [0.2, 0.25) is 0 Å². The molecule has 5 rings (SSSR count). The van der Waals surface area contributed by atoms with Gasteiger partial charge in [0.1, 0.15) is 0 Å². The fourth-order valence-corrected chi connectivity index (χ4v) is 6.19. The predicted molar refractivity (Wildman–Crippen MR) is 116 cm³/mol. The van der Waals surface area contributed by atoms with Crippen molar-refractivity contribution in [2.45, 2.75) is 68.6 Å². The summed E-state index contributed by atoms with van der Waals surface area (Å²) in [6.07, 6.45) is 11.5. The Kier molecular flexibility index (Phi) is 4.81. The molecular weight excluding hydrogens is 400 g/mol. The van der Waals surface area contributed by atoms with Crippen molar-refractivity contribution < 1.29 is 13.2 Å². The number of rotatable bonds is 6. The highest BCUT2D eigenvalue weighted by Crippen LogP contribution is 2.40. The largest absolute Gasteiger partial charge is 0.350 e. The molecule has 1 aromatic heterocycles. The van der Waals surface area contributed by atoms with Crippen LogP contribution in [0.1, 0.15) is 68.5 Å². The quantitative estimate of drug-likeness (QED) is 0.731. The molecule has 1 amide bonds. The van der Waals surface area contributed by atoms with Gasteiger partial charge in [0.2, 0.25) is 5.91 Å². The van der Waals surface area contributed by atoms with Crippen molar-refractivity contribution in [2.24, 2.45) is 0 Å². The summed E-state index contributed by atoms with van der Waals surface area (Å²) in [5.74, 6) is 0.403. The van der Waals surface area contributed by atoms with E-state index in [1.807, 2.05) is 24.3 Å². The van der Waals surface area contributed by atoms with Crippen LogP contribution in [0.3, 0.4) is 0 Å². The Bertz CT molecular complexity index is 1150. The minimum atomic E-state index is -3.16. The van der Waals surface area contributed by atoms with E-state index in [0.29, 0.717) is 30.1 Å². The lowest BCUT2D eigenvalue weighted by molar-refractivity contribution is -0.119. The third kappa shape index (κ3) is 3.83. The highest BCUT2D eigenvalue weighted by Gasteiger charge is 2.38. The molecule has 1 atom stereocenters. The monoisotopic (exact) mass is 426 g/mol. The molecule has 0 spiro atoms. The molecule has 1 aromatic rings. The van der Waals surface area contributed by atoms with Gasteiger partial charge in [-0.1, -0.05) is 18.2 Å². The Morgan fingerprint density at radius 1 is 0.967 bits per heavy atom. The zero-order valence-electron chi connectivity index (χ0n) is 16.8. The van der Waals surface area contributed by atoms with E-state index >= 15 is 0 Å². The number of aromatic nitrogens is 1. The molecule has 2 N–H and O–H groups in total. The van der Waals surface area contributed by atoms with Gasteiger partial charge in [-0.05, 0) is 74.2 Å². The van der Waals surface area contributed by atoms with Gasteiger partial charge in [0.25, 0.3) is 5.56 Å². The number of carbonyl (C=O) groups excluding carboxylic acids is 1. The van der Waals surface area contributed by atoms with Crippen molar-refractivity contribution in [1.82, 2.24) is 10.3 Å². The molecule has 2 saturated carbocycles. The van der Waals surface area contributed by atoms with Crippen molar-refractivity contribution in [3.05, 3.63) is 62.5 Å². The maximum Gasteiger partial charge on any atom is 0.251 e. The fourth-order valence-electron chi connectivity index (χ4n) is 4.36. The molecule has 0 aromatic carbocycles. The fraction of sp³-hybridized carbons (Fsp3) is 0.478. The van der Waals surface area contributed by atoms with Gasteiger partial charge in [-0.3, -0.25) is 9.59 Å². The van der Waals surface area contributed by atoms with E-state index in [1.54, 1.807) is 6.08 Å². The first kappa shape index (κ1) is 19.5. The van der Waals surface area contributed by atoms with E-state index in [4.69, 9.17) is 0 Å². The maximum absolute atomic E-state index is 12.6. The number of amides is 1. The van der Waals surface area contributed by atoms with Gasteiger partial charge in [-0.25, -0.2) is 8.42 Å². The smallest absolute Gasteiger partial charge is 0.251 e. The Morgan fingerprint density at radius 2 is 1.77 bits per heavy atom. The summed E-state index contributed by atoms with van der Waals surface area (Å²) in [6, 6.07) is 3.77. The number of carbonyl (C=O) groups is 1. The van der Waals surface area contributed by atoms with E-state index in [1.165, 1.54) is 0 Å². The molecular formula is C23H26N2O4S. The van der Waals surface area contributed by atoms with Crippen LogP contribution in [0, 0.1) is 0 Å². The molecule has 30 heavy (non-hydrogen) atoms. The second-order valence-electron chi connectivity index (χ2n) is 8.79. The third-order valence-electron chi connectivity index (χ3n) is 6.43. The first-order chi connectivity index (χ1) is 14.4. The van der Waals surface area contributed by atoms with E-state index in [0.717, 1.165) is 54.5 Å². The molecule has 0 bridgehead atoms. The maximum atomic E-state index is 12.6. The summed E-state index contributed by atoms with van der Waals surface area (Å²) < 4.78 is 25.1. The van der Waals surface area contributed by atoms with Crippen molar-refractivity contribution in [3.8, 4) is 0 Å². The number of hydrogen-bond acceptors (Lipinski definition) is 4. The highest BCUT2D eigenvalue weighted by atomic mass is 32.2. The van der Waals surface area contributed by atoms with E-state index < -0.39 is 9.84 Å². The summed E-state index contributed by atoms with van der Waals surface area (Å²) in [5, 5.41) is 2.76. The van der Waals surface area contributed by atoms with Crippen molar-refractivity contribution in [3.63, 3.8) is 0 Å². The number of hydrogen-bond donors (Lipinski definition) is 2. The lowest BCUT2D eigenvalue weighted by Crippen LogP contribution is -2.24. The summed E-state index contributed by atoms with van der Waals surface area (Å²) in [4.78, 5) is 27.8. The molecule has 1 aliphatic heterocycles. The average molecular weight is 427 g/mol. The number of sulfone groups is 1. The van der Waals surface area contributed by atoms with E-state index in [9.17, 15) is 18.0 Å². The van der Waals surface area contributed by atoms with Crippen LogP contribution >= 0.6 is 0 Å². The Labute approximate surface area is 176 Å². The lowest BCUT2D eigenvalue weighted by Gasteiger charge is -2.19. The second-order valence-corrected chi connectivity index (χ2v) is 11.1. The summed E-state index contributed by atoms with van der Waals surface area (Å²) in [7, 11) is -3.16. The van der Waals surface area contributed by atoms with Gasteiger partial charge >= 0.3 is 0 Å². The molecule has 2 heterocycles. The molecule has 0 radical (unpaired) electrons. The number of pyridine rings is 1. The SMILES string of the molecule is O=C1CC[C@H](/C=C(\C2=CC=C(S(=O)(=O)C3CC3)CC2)c2ccc(C3CC3)c(=O)[nH]2)N1. The summed E-state index contributed by atoms with van der Waals surface area (Å²) in [6.45, 7) is 0. The van der Waals surface area contributed by atoms with Crippen LogP contribution in [0.5, 0.6) is 0 Å². The van der Waals surface area contributed by atoms with Crippen LogP contribution in [0.25, 0.3) is 5.57 Å². The Hall–Kier alpha value is -2.41. The van der Waals surface area contributed by atoms with Gasteiger partial charge in [-0.2, -0.15) is 0 Å². The Balaban J connectivity index is 1.50. The first-order valence-electron chi connectivity index (χ1n) is 10.8. The first-order valence-corrected chi connectivity index (χ1v) is 12.4. The van der Waals surface area contributed by atoms with Crippen molar-refractivity contribution >= 4 is 21.3 Å². The van der Waals surface area contributed by atoms with Crippen LogP contribution in [0.4, 0.5) is 0 Å². The van der Waals surface area contributed by atoms with Crippen molar-refractivity contribution in [1.29, 1.82) is 0 Å². The molecule has 6 nitrogen and oxygen atoms in total. The minimum Gasteiger partial charge on any atom is -0.350 e. The zero-order chi connectivity index (χ0) is 20.9. The molecule has 3 fully saturated rings. The van der Waals surface area contributed by atoms with E-state index in [-0.39, 0.29) is 22.8 Å². The summed E-state index contributed by atoms with van der Waals surface area (Å²) >= 11 is 0. The predicted octanol–water partition coefficient (Wildman–Crippen LogP) is 3.10. The average Bonchev–Trinajstić information content (AvgIpc) is 3.64. The summed E-state index contributed by atoms with van der Waals surface area (Å²) in [5.41, 5.74) is 3.36. The number of H-pyrrole nitrogens is 1. The molecule has 7 heteroatoms. The topological polar surface area (TPSA) is 96.1 Å². The standard InChI is InChI=1S/C23H26N2O4S/c26-22-12-5-16(24-22)13-20(21-11-10-19(14-1-2-14)23(27)25-21)15-3-6-17(7-4-15)30(28,29)18-8-9-18/h3,6,10-11,13-14,16,18H,1-2,4-5,7-9,12H2,(H,24,26)(H,25,27)/b20-13+/t16-/m1/s1. The Morgan fingerprint density at radius 3 is 2.33 bits per heavy atom. The highest BCUT2D eigenvalue weighted by molar-refractivity contribution is 7.96. The van der Waals surface area contributed by atoms with Gasteiger partial charge in [0, 0.05) is 28.6 Å². The molecule has 1 saturated heterocycles. The van der Waals surface area contributed by atoms with Crippen molar-refractivity contribution in [2.75, 3.05) is 0 Å². The van der Waals surface area contributed by atoms with Crippen LogP contribution < -0.4 is 10.9 Å².